The molecule has 3 unspecified atom stereocenters. The molecule has 3 atom stereocenters. The van der Waals surface area contributed by atoms with E-state index in [0.717, 1.165) is 47.7 Å². The molecule has 0 saturated carbocycles. The first-order chi connectivity index (χ1) is 11.0. The highest BCUT2D eigenvalue weighted by Gasteiger charge is 2.71. The number of carbonyl (C=O) groups excluding carboxylic acids is 1. The van der Waals surface area contributed by atoms with Crippen molar-refractivity contribution in [3.05, 3.63) is 34.9 Å². The minimum absolute atomic E-state index is 0.0291. The Balaban J connectivity index is 1.99. The quantitative estimate of drug-likeness (QED) is 0.929. The lowest BCUT2D eigenvalue weighted by atomic mass is 9.52. The Labute approximate surface area is 135 Å². The molecule has 3 aliphatic rings. The molecule has 1 spiro atoms. The van der Waals surface area contributed by atoms with Gasteiger partial charge in [0.2, 0.25) is 11.4 Å². The topological polar surface area (TPSA) is 64.4 Å². The van der Waals surface area contributed by atoms with Crippen LogP contribution in [0.2, 0.25) is 0 Å². The zero-order chi connectivity index (χ0) is 16.4. The van der Waals surface area contributed by atoms with E-state index >= 15 is 0 Å². The van der Waals surface area contributed by atoms with Gasteiger partial charge in [-0.15, -0.1) is 0 Å². The van der Waals surface area contributed by atoms with Gasteiger partial charge in [-0.25, -0.2) is 0 Å². The van der Waals surface area contributed by atoms with E-state index in [1.165, 1.54) is 0 Å². The average Bonchev–Trinajstić information content (AvgIpc) is 2.85. The van der Waals surface area contributed by atoms with Crippen LogP contribution < -0.4 is 5.32 Å². The van der Waals surface area contributed by atoms with Crippen LogP contribution in [0.25, 0.3) is 5.57 Å². The predicted molar refractivity (Wildman–Crippen MR) is 85.6 cm³/mol. The number of allylic oxidation sites excluding steroid dienone is 2. The smallest absolute Gasteiger partial charge is 0.207 e. The zero-order valence-electron chi connectivity index (χ0n) is 14.0. The molecule has 5 heteroatoms. The molecule has 1 aromatic heterocycles. The van der Waals surface area contributed by atoms with Crippen LogP contribution in [0.15, 0.2) is 22.4 Å². The molecule has 1 aliphatic heterocycles. The fraction of sp³-hybridized carbons (Fsp3) is 0.556. The molecule has 0 radical (unpaired) electrons. The van der Waals surface area contributed by atoms with Gasteiger partial charge in [-0.05, 0) is 39.3 Å². The van der Waals surface area contributed by atoms with Crippen molar-refractivity contribution in [1.82, 2.24) is 10.5 Å². The second-order valence-electron chi connectivity index (χ2n) is 7.00. The number of ether oxygens (including phenoxy) is 1. The third-order valence-electron chi connectivity index (χ3n) is 5.61. The van der Waals surface area contributed by atoms with E-state index in [0.29, 0.717) is 0 Å². The van der Waals surface area contributed by atoms with Crippen LogP contribution in [0.3, 0.4) is 0 Å². The maximum absolute atomic E-state index is 12.9. The number of nitrogens with zero attached hydrogens (tertiary/aromatic N) is 1. The van der Waals surface area contributed by atoms with Crippen LogP contribution in [0, 0.1) is 12.3 Å². The Hall–Kier alpha value is -1.88. The van der Waals surface area contributed by atoms with Gasteiger partial charge < -0.3 is 14.6 Å². The fourth-order valence-electron chi connectivity index (χ4n) is 4.52. The lowest BCUT2D eigenvalue weighted by molar-refractivity contribution is -0.156. The van der Waals surface area contributed by atoms with Gasteiger partial charge >= 0.3 is 0 Å². The van der Waals surface area contributed by atoms with Crippen LogP contribution >= 0.6 is 0 Å². The third-order valence-corrected chi connectivity index (χ3v) is 5.61. The Morgan fingerprint density at radius 2 is 2.22 bits per heavy atom. The molecule has 122 valence electrons. The molecule has 0 fully saturated rings. The van der Waals surface area contributed by atoms with Crippen molar-refractivity contribution in [2.45, 2.75) is 52.2 Å². The minimum Gasteiger partial charge on any atom is -0.478 e. The van der Waals surface area contributed by atoms with Crippen LogP contribution in [0.4, 0.5) is 0 Å². The molecule has 1 N–H and O–H groups in total. The van der Waals surface area contributed by atoms with Crippen molar-refractivity contribution >= 4 is 11.4 Å². The number of fused-ring (bicyclic) bond motifs is 2. The number of ketones is 1. The highest BCUT2D eigenvalue weighted by molar-refractivity contribution is 6.12. The molecule has 0 saturated heterocycles. The van der Waals surface area contributed by atoms with E-state index in [-0.39, 0.29) is 11.8 Å². The lowest BCUT2D eigenvalue weighted by Gasteiger charge is -2.59. The van der Waals surface area contributed by atoms with E-state index in [1.54, 1.807) is 6.08 Å². The summed E-state index contributed by atoms with van der Waals surface area (Å²) in [4.78, 5) is 12.9. The predicted octanol–water partition coefficient (Wildman–Crippen LogP) is 3.07. The molecule has 2 aliphatic carbocycles. The summed E-state index contributed by atoms with van der Waals surface area (Å²) in [7, 11) is 0. The highest BCUT2D eigenvalue weighted by atomic mass is 16.5. The summed E-state index contributed by atoms with van der Waals surface area (Å²) in [6, 6.07) is -0.0931. The summed E-state index contributed by atoms with van der Waals surface area (Å²) in [5.41, 5.74) is 1.44. The summed E-state index contributed by atoms with van der Waals surface area (Å²) < 4.78 is 11.8. The van der Waals surface area contributed by atoms with Crippen LogP contribution in [-0.4, -0.2) is 23.1 Å². The first-order valence-electron chi connectivity index (χ1n) is 8.28. The number of rotatable bonds is 3. The molecule has 0 bridgehead atoms. The monoisotopic (exact) mass is 314 g/mol. The van der Waals surface area contributed by atoms with Crippen molar-refractivity contribution in [3.8, 4) is 0 Å². The number of aryl methyl sites for hydroxylation is 1. The summed E-state index contributed by atoms with van der Waals surface area (Å²) in [5, 5.41) is 7.76. The van der Waals surface area contributed by atoms with E-state index in [1.807, 2.05) is 19.9 Å². The first-order valence-corrected chi connectivity index (χ1v) is 8.28. The molecule has 2 heterocycles. The van der Waals surface area contributed by atoms with Crippen LogP contribution in [-0.2, 0) is 9.53 Å². The van der Waals surface area contributed by atoms with Crippen molar-refractivity contribution in [2.75, 3.05) is 6.54 Å². The molecule has 5 nitrogen and oxygen atoms in total. The van der Waals surface area contributed by atoms with Crippen molar-refractivity contribution < 1.29 is 14.1 Å². The molecular formula is C18H22N2O3. The van der Waals surface area contributed by atoms with Crippen LogP contribution in [0.1, 0.15) is 56.7 Å². The van der Waals surface area contributed by atoms with E-state index in [4.69, 9.17) is 9.26 Å². The zero-order valence-corrected chi connectivity index (χ0v) is 14.0. The first kappa shape index (κ1) is 14.7. The van der Waals surface area contributed by atoms with Crippen molar-refractivity contribution in [1.29, 1.82) is 0 Å². The highest BCUT2D eigenvalue weighted by Crippen LogP contribution is 2.66. The van der Waals surface area contributed by atoms with Gasteiger partial charge in [0.05, 0.1) is 22.9 Å². The number of carbonyl (C=O) groups is 1. The van der Waals surface area contributed by atoms with E-state index < -0.39 is 11.0 Å². The summed E-state index contributed by atoms with van der Waals surface area (Å²) in [6.07, 6.45) is 5.39. The van der Waals surface area contributed by atoms with E-state index in [2.05, 4.69) is 24.3 Å². The average molecular weight is 314 g/mol. The summed E-state index contributed by atoms with van der Waals surface area (Å²) >= 11 is 0. The maximum atomic E-state index is 12.9. The second-order valence-corrected chi connectivity index (χ2v) is 7.00. The molecule has 4 rings (SSSR count). The molecule has 23 heavy (non-hydrogen) atoms. The van der Waals surface area contributed by atoms with Gasteiger partial charge in [0.15, 0.2) is 5.76 Å². The third kappa shape index (κ3) is 1.51. The normalized spacial score (nSPS) is 34.4. The van der Waals surface area contributed by atoms with Gasteiger partial charge in [-0.2, -0.15) is 0 Å². The number of hydrogen-bond donors (Lipinski definition) is 1. The SMILES string of the molecule is CCCNC1c2onc(C)c2C2=C(C)OC23C(=O)C=CCC13C. The van der Waals surface area contributed by atoms with Crippen molar-refractivity contribution in [2.24, 2.45) is 5.41 Å². The molecule has 0 aromatic carbocycles. The van der Waals surface area contributed by atoms with Crippen molar-refractivity contribution in [3.63, 3.8) is 0 Å². The minimum atomic E-state index is -0.902. The van der Waals surface area contributed by atoms with Gasteiger partial charge in [-0.3, -0.25) is 4.79 Å². The number of nitrogens with one attached hydrogen (secondary N) is 1. The standard InChI is InChI=1S/C18H22N2O3/c1-5-9-19-16-15-13(10(2)20-23-15)14-11(3)22-18(14)12(21)7-6-8-17(16,18)4/h6-7,16,19H,5,8-9H2,1-4H3. The van der Waals surface area contributed by atoms with Gasteiger partial charge in [0, 0.05) is 5.41 Å². The van der Waals surface area contributed by atoms with Crippen LogP contribution in [0.5, 0.6) is 0 Å². The summed E-state index contributed by atoms with van der Waals surface area (Å²) in [5.74, 6) is 1.68. The Bertz CT molecular complexity index is 760. The summed E-state index contributed by atoms with van der Waals surface area (Å²) in [6.45, 7) is 8.95. The number of aromatic nitrogens is 1. The Morgan fingerprint density at radius 1 is 1.43 bits per heavy atom. The van der Waals surface area contributed by atoms with Gasteiger partial charge in [0.25, 0.3) is 0 Å². The fourth-order valence-corrected chi connectivity index (χ4v) is 4.52. The Morgan fingerprint density at radius 3 is 2.91 bits per heavy atom. The maximum Gasteiger partial charge on any atom is 0.207 e. The van der Waals surface area contributed by atoms with E-state index in [9.17, 15) is 4.79 Å². The largest absolute Gasteiger partial charge is 0.478 e. The van der Waals surface area contributed by atoms with Gasteiger partial charge in [-0.1, -0.05) is 25.1 Å². The second kappa shape index (κ2) is 4.57. The molecule has 1 aromatic rings. The molecule has 0 amide bonds. The number of hydrogen-bond acceptors (Lipinski definition) is 5. The Kier molecular flexibility index (Phi) is 2.92. The lowest BCUT2D eigenvalue weighted by Crippen LogP contribution is -2.66. The van der Waals surface area contributed by atoms with Gasteiger partial charge in [0.1, 0.15) is 5.76 Å². The molecular weight excluding hydrogens is 292 g/mol.